The normalized spacial score (nSPS) is 11.8. The van der Waals surface area contributed by atoms with Crippen LogP contribution in [0.5, 0.6) is 0 Å². The van der Waals surface area contributed by atoms with E-state index in [0.717, 1.165) is 4.48 Å². The number of benzene rings is 1. The molecule has 0 bridgehead atoms. The molecule has 1 rings (SSSR count). The summed E-state index contributed by atoms with van der Waals surface area (Å²) in [5.74, 6) is 0. The van der Waals surface area contributed by atoms with Crippen LogP contribution in [0.4, 0.5) is 5.69 Å². The van der Waals surface area contributed by atoms with Crippen LogP contribution in [0.2, 0.25) is 0 Å². The summed E-state index contributed by atoms with van der Waals surface area (Å²) in [5.41, 5.74) is 1.49. The fourth-order valence-corrected chi connectivity index (χ4v) is 3.68. The van der Waals surface area contributed by atoms with Gasteiger partial charge in [0, 0.05) is 0 Å². The van der Waals surface area contributed by atoms with Crippen molar-refractivity contribution in [3.05, 3.63) is 30.3 Å². The SMILES string of the molecule is CCCCCCCCCCCC[N+](CC)(CC)c1ccccc1. The second-order valence-corrected chi connectivity index (χ2v) is 7.02. The quantitative estimate of drug-likeness (QED) is 0.257. The third-order valence-electron chi connectivity index (χ3n) is 5.45. The van der Waals surface area contributed by atoms with Crippen molar-refractivity contribution < 1.29 is 0 Å². The van der Waals surface area contributed by atoms with E-state index in [1.165, 1.54) is 89.5 Å². The van der Waals surface area contributed by atoms with Crippen LogP contribution in [0.25, 0.3) is 0 Å². The van der Waals surface area contributed by atoms with Crippen molar-refractivity contribution in [2.24, 2.45) is 0 Å². The molecule has 0 amide bonds. The van der Waals surface area contributed by atoms with Gasteiger partial charge in [0.25, 0.3) is 0 Å². The third kappa shape index (κ3) is 7.52. The lowest BCUT2D eigenvalue weighted by atomic mass is 10.1. The third-order valence-corrected chi connectivity index (χ3v) is 5.45. The monoisotopic (exact) mass is 318 g/mol. The van der Waals surface area contributed by atoms with Crippen LogP contribution in [-0.4, -0.2) is 19.6 Å². The summed E-state index contributed by atoms with van der Waals surface area (Å²) in [6.07, 6.45) is 14.2. The average molecular weight is 319 g/mol. The fraction of sp³-hybridized carbons (Fsp3) is 0.727. The van der Waals surface area contributed by atoms with Gasteiger partial charge in [-0.25, -0.2) is 0 Å². The first-order valence-electron chi connectivity index (χ1n) is 10.2. The number of hydrogen-bond donors (Lipinski definition) is 0. The number of nitrogens with zero attached hydrogens (tertiary/aromatic N) is 1. The highest BCUT2D eigenvalue weighted by Gasteiger charge is 2.25. The standard InChI is InChI=1S/C22H40N/c1-4-7-8-9-10-11-12-13-14-18-21-23(5-2,6-3)22-19-16-15-17-20-22/h15-17,19-20H,4-14,18,21H2,1-3H3/q+1. The number of rotatable bonds is 14. The Morgan fingerprint density at radius 3 is 1.57 bits per heavy atom. The summed E-state index contributed by atoms with van der Waals surface area (Å²) >= 11 is 0. The highest BCUT2D eigenvalue weighted by molar-refractivity contribution is 5.42. The van der Waals surface area contributed by atoms with Gasteiger partial charge in [-0.2, -0.15) is 0 Å². The van der Waals surface area contributed by atoms with Gasteiger partial charge in [0.15, 0.2) is 0 Å². The molecular weight excluding hydrogens is 278 g/mol. The van der Waals surface area contributed by atoms with E-state index < -0.39 is 0 Å². The lowest BCUT2D eigenvalue weighted by Gasteiger charge is -2.36. The first-order chi connectivity index (χ1) is 11.3. The lowest BCUT2D eigenvalue weighted by molar-refractivity contribution is 0.291. The zero-order valence-corrected chi connectivity index (χ0v) is 16.0. The maximum atomic E-state index is 2.34. The zero-order chi connectivity index (χ0) is 16.8. The van der Waals surface area contributed by atoms with Gasteiger partial charge in [-0.15, -0.1) is 0 Å². The summed E-state index contributed by atoms with van der Waals surface area (Å²) in [6, 6.07) is 11.1. The molecule has 0 saturated carbocycles. The molecule has 1 heteroatoms. The number of para-hydroxylation sites is 1. The van der Waals surface area contributed by atoms with Crippen LogP contribution in [0.3, 0.4) is 0 Å². The molecule has 0 aliphatic carbocycles. The Morgan fingerprint density at radius 1 is 0.609 bits per heavy atom. The van der Waals surface area contributed by atoms with Gasteiger partial charge in [0.2, 0.25) is 0 Å². The maximum absolute atomic E-state index is 2.34. The molecule has 1 nitrogen and oxygen atoms in total. The van der Waals surface area contributed by atoms with Crippen LogP contribution in [0.15, 0.2) is 30.3 Å². The summed E-state index contributed by atoms with van der Waals surface area (Å²) in [6.45, 7) is 10.7. The second-order valence-electron chi connectivity index (χ2n) is 7.02. The van der Waals surface area contributed by atoms with Gasteiger partial charge in [-0.05, 0) is 38.8 Å². The molecule has 0 aliphatic rings. The molecule has 0 aromatic heterocycles. The van der Waals surface area contributed by atoms with Crippen molar-refractivity contribution >= 4 is 5.69 Å². The molecule has 0 N–H and O–H groups in total. The molecule has 23 heavy (non-hydrogen) atoms. The molecule has 0 saturated heterocycles. The highest BCUT2D eigenvalue weighted by atomic mass is 15.3. The van der Waals surface area contributed by atoms with E-state index in [1.807, 2.05) is 0 Å². The Morgan fingerprint density at radius 2 is 1.09 bits per heavy atom. The summed E-state index contributed by atoms with van der Waals surface area (Å²) in [7, 11) is 0. The van der Waals surface area contributed by atoms with E-state index in [2.05, 4.69) is 51.1 Å². The predicted molar refractivity (Wildman–Crippen MR) is 106 cm³/mol. The van der Waals surface area contributed by atoms with E-state index >= 15 is 0 Å². The average Bonchev–Trinajstić information content (AvgIpc) is 2.61. The van der Waals surface area contributed by atoms with Gasteiger partial charge in [0.05, 0.1) is 19.6 Å². The van der Waals surface area contributed by atoms with Crippen LogP contribution in [0, 0.1) is 0 Å². The van der Waals surface area contributed by atoms with Crippen molar-refractivity contribution in [3.63, 3.8) is 0 Å². The first-order valence-corrected chi connectivity index (χ1v) is 10.2. The van der Waals surface area contributed by atoms with Crippen molar-refractivity contribution in [3.8, 4) is 0 Å². The first kappa shape index (κ1) is 20.2. The van der Waals surface area contributed by atoms with Gasteiger partial charge in [-0.1, -0.05) is 76.5 Å². The molecule has 0 fully saturated rings. The zero-order valence-electron chi connectivity index (χ0n) is 16.0. The number of hydrogen-bond acceptors (Lipinski definition) is 0. The van der Waals surface area contributed by atoms with Crippen LogP contribution < -0.4 is 4.48 Å². The van der Waals surface area contributed by atoms with E-state index in [4.69, 9.17) is 0 Å². The number of unbranched alkanes of at least 4 members (excludes halogenated alkanes) is 9. The van der Waals surface area contributed by atoms with Crippen LogP contribution in [-0.2, 0) is 0 Å². The van der Waals surface area contributed by atoms with Crippen molar-refractivity contribution in [2.45, 2.75) is 85.0 Å². The Balaban J connectivity index is 2.19. The van der Waals surface area contributed by atoms with Gasteiger partial charge < -0.3 is 0 Å². The Hall–Kier alpha value is -0.820. The van der Waals surface area contributed by atoms with Gasteiger partial charge in [-0.3, -0.25) is 4.48 Å². The minimum Gasteiger partial charge on any atom is -0.292 e. The molecule has 0 heterocycles. The molecule has 132 valence electrons. The predicted octanol–water partition coefficient (Wildman–Crippen LogP) is 6.95. The van der Waals surface area contributed by atoms with Crippen molar-refractivity contribution in [1.82, 2.24) is 4.48 Å². The molecule has 0 aliphatic heterocycles. The molecule has 0 atom stereocenters. The molecule has 1 aromatic carbocycles. The Kier molecular flexibility index (Phi) is 11.1. The maximum Gasteiger partial charge on any atom is 0.132 e. The van der Waals surface area contributed by atoms with Gasteiger partial charge >= 0.3 is 0 Å². The van der Waals surface area contributed by atoms with E-state index in [1.54, 1.807) is 0 Å². The summed E-state index contributed by atoms with van der Waals surface area (Å²) < 4.78 is 1.15. The molecule has 1 aromatic rings. The van der Waals surface area contributed by atoms with Crippen LogP contribution in [0.1, 0.15) is 85.0 Å². The fourth-order valence-electron chi connectivity index (χ4n) is 3.68. The highest BCUT2D eigenvalue weighted by Crippen LogP contribution is 2.23. The van der Waals surface area contributed by atoms with Crippen LogP contribution >= 0.6 is 0 Å². The van der Waals surface area contributed by atoms with E-state index in [9.17, 15) is 0 Å². The number of quaternary nitrogens is 1. The Bertz CT molecular complexity index is 367. The molecular formula is C22H40N+. The van der Waals surface area contributed by atoms with Crippen molar-refractivity contribution in [2.75, 3.05) is 19.6 Å². The van der Waals surface area contributed by atoms with Crippen molar-refractivity contribution in [1.29, 1.82) is 0 Å². The largest absolute Gasteiger partial charge is 0.292 e. The Labute approximate surface area is 145 Å². The summed E-state index contributed by atoms with van der Waals surface area (Å²) in [5, 5.41) is 0. The second kappa shape index (κ2) is 12.6. The molecule has 0 unspecified atom stereocenters. The van der Waals surface area contributed by atoms with Gasteiger partial charge in [0.1, 0.15) is 5.69 Å². The molecule has 0 spiro atoms. The smallest absolute Gasteiger partial charge is 0.132 e. The summed E-state index contributed by atoms with van der Waals surface area (Å²) in [4.78, 5) is 0. The topological polar surface area (TPSA) is 0 Å². The minimum absolute atomic E-state index is 1.15. The minimum atomic E-state index is 1.15. The van der Waals surface area contributed by atoms with E-state index in [-0.39, 0.29) is 0 Å². The lowest BCUT2D eigenvalue weighted by Crippen LogP contribution is -2.49. The van der Waals surface area contributed by atoms with E-state index in [0.29, 0.717) is 0 Å². The molecule has 0 radical (unpaired) electrons.